The Balaban J connectivity index is 1.75. The van der Waals surface area contributed by atoms with Gasteiger partial charge >= 0.3 is 0 Å². The molecule has 0 spiro atoms. The molecular weight excluding hydrogens is 338 g/mol. The van der Waals surface area contributed by atoms with Gasteiger partial charge in [-0.2, -0.15) is 5.10 Å². The Morgan fingerprint density at radius 1 is 1.26 bits per heavy atom. The fourth-order valence-electron chi connectivity index (χ4n) is 3.70. The molecule has 4 rings (SSSR count). The number of aliphatic hydroxyl groups is 1. The van der Waals surface area contributed by atoms with Crippen molar-refractivity contribution in [2.75, 3.05) is 25.2 Å². The second kappa shape index (κ2) is 6.86. The van der Waals surface area contributed by atoms with E-state index in [1.54, 1.807) is 0 Å². The summed E-state index contributed by atoms with van der Waals surface area (Å²) in [6, 6.07) is 5.49. The van der Waals surface area contributed by atoms with Crippen LogP contribution in [-0.2, 0) is 6.42 Å². The summed E-state index contributed by atoms with van der Waals surface area (Å²) in [7, 11) is 2.16. The zero-order valence-electron chi connectivity index (χ0n) is 16.9. The Labute approximate surface area is 161 Å². The van der Waals surface area contributed by atoms with E-state index in [0.717, 1.165) is 29.7 Å². The first-order valence-corrected chi connectivity index (χ1v) is 10.1. The van der Waals surface area contributed by atoms with Gasteiger partial charge in [-0.15, -0.1) is 0 Å². The molecule has 5 heteroatoms. The van der Waals surface area contributed by atoms with Gasteiger partial charge in [-0.05, 0) is 44.7 Å². The van der Waals surface area contributed by atoms with Gasteiger partial charge in [0.15, 0.2) is 0 Å². The normalized spacial score (nSPS) is 19.9. The molecule has 27 heavy (non-hydrogen) atoms. The van der Waals surface area contributed by atoms with E-state index in [4.69, 9.17) is 4.74 Å². The van der Waals surface area contributed by atoms with Gasteiger partial charge in [0.2, 0.25) is 0 Å². The highest BCUT2D eigenvalue weighted by Crippen LogP contribution is 2.43. The van der Waals surface area contributed by atoms with Gasteiger partial charge in [0.05, 0.1) is 25.5 Å². The standard InChI is InChI=1S/C22H31N3O2/c1-15-5-8-19-20(24(15)4)10-9-18(21(19)27-14-22(2,3)13-26)16-11-23-25(12-16)17-6-7-17/h9-12,15,17,26H,5-8,13-14H2,1-4H3. The molecule has 0 bridgehead atoms. The van der Waals surface area contributed by atoms with Crippen LogP contribution in [0.5, 0.6) is 5.75 Å². The molecule has 1 aromatic carbocycles. The van der Waals surface area contributed by atoms with Crippen molar-refractivity contribution in [2.45, 2.75) is 58.5 Å². The van der Waals surface area contributed by atoms with Crippen LogP contribution in [0.1, 0.15) is 51.6 Å². The molecule has 1 atom stereocenters. The van der Waals surface area contributed by atoms with Crippen LogP contribution in [-0.4, -0.2) is 41.2 Å². The molecule has 0 amide bonds. The van der Waals surface area contributed by atoms with Gasteiger partial charge in [-0.25, -0.2) is 0 Å². The van der Waals surface area contributed by atoms with Gasteiger partial charge in [-0.1, -0.05) is 13.8 Å². The van der Waals surface area contributed by atoms with E-state index in [1.807, 2.05) is 20.0 Å². The van der Waals surface area contributed by atoms with E-state index in [-0.39, 0.29) is 12.0 Å². The Bertz CT molecular complexity index is 823. The first-order chi connectivity index (χ1) is 12.9. The predicted octanol–water partition coefficient (Wildman–Crippen LogP) is 4.05. The molecule has 146 valence electrons. The lowest BCUT2D eigenvalue weighted by Crippen LogP contribution is -2.34. The molecule has 1 aliphatic heterocycles. The highest BCUT2D eigenvalue weighted by molar-refractivity contribution is 5.77. The minimum Gasteiger partial charge on any atom is -0.492 e. The smallest absolute Gasteiger partial charge is 0.132 e. The number of fused-ring (bicyclic) bond motifs is 1. The summed E-state index contributed by atoms with van der Waals surface area (Å²) in [4.78, 5) is 2.35. The summed E-state index contributed by atoms with van der Waals surface area (Å²) >= 11 is 0. The summed E-state index contributed by atoms with van der Waals surface area (Å²) in [6.45, 7) is 6.92. The van der Waals surface area contributed by atoms with Crippen LogP contribution in [0.25, 0.3) is 11.1 Å². The summed E-state index contributed by atoms with van der Waals surface area (Å²) in [5, 5.41) is 14.2. The summed E-state index contributed by atoms with van der Waals surface area (Å²) in [6.07, 6.45) is 8.69. The number of aliphatic hydroxyl groups excluding tert-OH is 1. The SMILES string of the molecule is CC1CCc2c(ccc(-c3cnn(C4CC4)c3)c2OCC(C)(C)CO)N1C. The minimum atomic E-state index is -0.272. The van der Waals surface area contributed by atoms with Crippen LogP contribution in [0, 0.1) is 5.41 Å². The Hall–Kier alpha value is -2.01. The van der Waals surface area contributed by atoms with Crippen molar-refractivity contribution in [1.29, 1.82) is 0 Å². The summed E-state index contributed by atoms with van der Waals surface area (Å²) in [5.41, 5.74) is 4.48. The van der Waals surface area contributed by atoms with E-state index >= 15 is 0 Å². The molecule has 2 aliphatic rings. The molecule has 1 N–H and O–H groups in total. The van der Waals surface area contributed by atoms with E-state index in [0.29, 0.717) is 18.7 Å². The number of anilines is 1. The lowest BCUT2D eigenvalue weighted by atomic mass is 9.92. The fraction of sp³-hybridized carbons (Fsp3) is 0.591. The van der Waals surface area contributed by atoms with Gasteiger partial charge in [-0.3, -0.25) is 4.68 Å². The quantitative estimate of drug-likeness (QED) is 0.834. The van der Waals surface area contributed by atoms with E-state index in [2.05, 4.69) is 47.0 Å². The van der Waals surface area contributed by atoms with Gasteiger partial charge < -0.3 is 14.7 Å². The maximum absolute atomic E-state index is 9.64. The topological polar surface area (TPSA) is 50.5 Å². The average molecular weight is 370 g/mol. The van der Waals surface area contributed by atoms with Crippen molar-refractivity contribution in [3.63, 3.8) is 0 Å². The molecule has 2 aromatic rings. The van der Waals surface area contributed by atoms with Crippen LogP contribution in [0.3, 0.4) is 0 Å². The van der Waals surface area contributed by atoms with Crippen LogP contribution in [0.2, 0.25) is 0 Å². The molecular formula is C22H31N3O2. The van der Waals surface area contributed by atoms with Crippen LogP contribution < -0.4 is 9.64 Å². The monoisotopic (exact) mass is 369 g/mol. The second-order valence-corrected chi connectivity index (χ2v) is 8.99. The summed E-state index contributed by atoms with van der Waals surface area (Å²) < 4.78 is 8.48. The highest BCUT2D eigenvalue weighted by atomic mass is 16.5. The van der Waals surface area contributed by atoms with Crippen molar-refractivity contribution < 1.29 is 9.84 Å². The molecule has 0 radical (unpaired) electrons. The molecule has 2 heterocycles. The van der Waals surface area contributed by atoms with Crippen LogP contribution in [0.15, 0.2) is 24.5 Å². The number of hydrogen-bond donors (Lipinski definition) is 1. The van der Waals surface area contributed by atoms with Crippen molar-refractivity contribution in [3.8, 4) is 16.9 Å². The first-order valence-electron chi connectivity index (χ1n) is 10.1. The van der Waals surface area contributed by atoms with Crippen molar-refractivity contribution in [2.24, 2.45) is 5.41 Å². The molecule has 5 nitrogen and oxygen atoms in total. The molecule has 1 saturated carbocycles. The van der Waals surface area contributed by atoms with Gasteiger partial charge in [0, 0.05) is 47.1 Å². The third-order valence-corrected chi connectivity index (χ3v) is 5.96. The first kappa shape index (κ1) is 18.4. The van der Waals surface area contributed by atoms with Crippen molar-refractivity contribution in [3.05, 3.63) is 30.1 Å². The van der Waals surface area contributed by atoms with Crippen molar-refractivity contribution in [1.82, 2.24) is 9.78 Å². The van der Waals surface area contributed by atoms with Crippen LogP contribution >= 0.6 is 0 Å². The van der Waals surface area contributed by atoms with Gasteiger partial charge in [0.1, 0.15) is 5.75 Å². The van der Waals surface area contributed by atoms with E-state index in [9.17, 15) is 5.11 Å². The third kappa shape index (κ3) is 3.57. The number of ether oxygens (including phenoxy) is 1. The number of rotatable bonds is 6. The van der Waals surface area contributed by atoms with Gasteiger partial charge in [0.25, 0.3) is 0 Å². The fourth-order valence-corrected chi connectivity index (χ4v) is 3.70. The number of benzene rings is 1. The average Bonchev–Trinajstić information content (AvgIpc) is 3.40. The number of nitrogens with zero attached hydrogens (tertiary/aromatic N) is 3. The Kier molecular flexibility index (Phi) is 4.66. The molecule has 1 aliphatic carbocycles. The predicted molar refractivity (Wildman–Crippen MR) is 108 cm³/mol. The third-order valence-electron chi connectivity index (χ3n) is 5.96. The molecule has 0 saturated heterocycles. The number of aromatic nitrogens is 2. The zero-order valence-corrected chi connectivity index (χ0v) is 16.9. The molecule has 1 aromatic heterocycles. The largest absolute Gasteiger partial charge is 0.492 e. The highest BCUT2D eigenvalue weighted by Gasteiger charge is 2.28. The molecule has 1 fully saturated rings. The summed E-state index contributed by atoms with van der Waals surface area (Å²) in [5.74, 6) is 0.961. The van der Waals surface area contributed by atoms with E-state index < -0.39 is 0 Å². The maximum atomic E-state index is 9.64. The lowest BCUT2D eigenvalue weighted by molar-refractivity contribution is 0.0973. The van der Waals surface area contributed by atoms with Crippen molar-refractivity contribution >= 4 is 5.69 Å². The minimum absolute atomic E-state index is 0.105. The van der Waals surface area contributed by atoms with E-state index in [1.165, 1.54) is 24.1 Å². The second-order valence-electron chi connectivity index (χ2n) is 8.99. The zero-order chi connectivity index (χ0) is 19.2. The van der Waals surface area contributed by atoms with Crippen LogP contribution in [0.4, 0.5) is 5.69 Å². The molecule has 1 unspecified atom stereocenters. The Morgan fingerprint density at radius 3 is 2.74 bits per heavy atom. The Morgan fingerprint density at radius 2 is 2.04 bits per heavy atom. The number of hydrogen-bond acceptors (Lipinski definition) is 4. The lowest BCUT2D eigenvalue weighted by Gasteiger charge is -2.35. The maximum Gasteiger partial charge on any atom is 0.132 e.